The minimum atomic E-state index is -1.43. The van der Waals surface area contributed by atoms with Gasteiger partial charge in [-0.05, 0) is 26.7 Å². The summed E-state index contributed by atoms with van der Waals surface area (Å²) < 4.78 is 0. The second-order valence-corrected chi connectivity index (χ2v) is 6.49. The maximum absolute atomic E-state index is 12.4. The van der Waals surface area contributed by atoms with E-state index in [2.05, 4.69) is 16.0 Å². The zero-order chi connectivity index (χ0) is 22.7. The van der Waals surface area contributed by atoms with Gasteiger partial charge in [-0.2, -0.15) is 0 Å². The fourth-order valence-corrected chi connectivity index (χ4v) is 2.08. The van der Waals surface area contributed by atoms with Crippen molar-refractivity contribution >= 4 is 35.5 Å². The molecule has 29 heavy (non-hydrogen) atoms. The van der Waals surface area contributed by atoms with Crippen molar-refractivity contribution in [3.63, 3.8) is 0 Å². The smallest absolute Gasteiger partial charge is 0.326 e. The zero-order valence-electron chi connectivity index (χ0n) is 16.3. The fraction of sp³-hybridized carbons (Fsp3) is 0.625. The first-order chi connectivity index (χ1) is 13.3. The van der Waals surface area contributed by atoms with E-state index in [1.807, 2.05) is 0 Å². The number of hydrogen-bond acceptors (Lipinski definition) is 7. The summed E-state index contributed by atoms with van der Waals surface area (Å²) in [6.07, 6.45) is -1.01. The van der Waals surface area contributed by atoms with Crippen LogP contribution in [0, 0.1) is 0 Å². The number of carboxylic acids is 1. The van der Waals surface area contributed by atoms with E-state index in [1.54, 1.807) is 0 Å². The van der Waals surface area contributed by atoms with Crippen molar-refractivity contribution in [2.24, 2.45) is 17.2 Å². The predicted octanol–water partition coefficient (Wildman–Crippen LogP) is -3.58. The molecule has 0 saturated carbocycles. The highest BCUT2D eigenvalue weighted by Gasteiger charge is 2.28. The number of amides is 5. The van der Waals surface area contributed by atoms with Gasteiger partial charge in [0.1, 0.15) is 18.1 Å². The average molecular weight is 416 g/mol. The van der Waals surface area contributed by atoms with Crippen LogP contribution in [0.2, 0.25) is 0 Å². The highest BCUT2D eigenvalue weighted by Crippen LogP contribution is 2.03. The van der Waals surface area contributed by atoms with Gasteiger partial charge in [0.2, 0.25) is 29.5 Å². The molecule has 0 fully saturated rings. The van der Waals surface area contributed by atoms with E-state index in [0.717, 1.165) is 0 Å². The van der Waals surface area contributed by atoms with Crippen LogP contribution in [-0.2, 0) is 28.8 Å². The molecule has 13 nitrogen and oxygen atoms in total. The normalized spacial score (nSPS) is 14.6. The van der Waals surface area contributed by atoms with E-state index in [9.17, 15) is 28.8 Å². The van der Waals surface area contributed by atoms with Gasteiger partial charge in [0.15, 0.2) is 0 Å². The third-order valence-corrected chi connectivity index (χ3v) is 3.77. The highest BCUT2D eigenvalue weighted by molar-refractivity contribution is 5.94. The van der Waals surface area contributed by atoms with Crippen molar-refractivity contribution in [3.8, 4) is 0 Å². The molecule has 0 aliphatic carbocycles. The standard InChI is InChI=1S/C16H28N6O7/c1-7(17)13(25)20-8(2)14(26)21-9(3-5-11(18)23)15(27)22-10(16(28)29)4-6-12(19)24/h7-10H,3-6,17H2,1-2H3,(H2,18,23)(H2,19,24)(H,20,25)(H,21,26)(H,22,27)(H,28,29). The fourth-order valence-electron chi connectivity index (χ4n) is 2.08. The van der Waals surface area contributed by atoms with Crippen LogP contribution in [0.25, 0.3) is 0 Å². The summed E-state index contributed by atoms with van der Waals surface area (Å²) in [5.41, 5.74) is 15.4. The molecule has 0 rings (SSSR count). The first-order valence-electron chi connectivity index (χ1n) is 8.81. The number of carbonyl (C=O) groups excluding carboxylic acids is 5. The summed E-state index contributed by atoms with van der Waals surface area (Å²) in [7, 11) is 0. The lowest BCUT2D eigenvalue weighted by atomic mass is 10.1. The van der Waals surface area contributed by atoms with Crippen LogP contribution in [0.15, 0.2) is 0 Å². The van der Waals surface area contributed by atoms with E-state index in [1.165, 1.54) is 13.8 Å². The SMILES string of the molecule is CC(N)C(=O)NC(C)C(=O)NC(CCC(N)=O)C(=O)NC(CCC(N)=O)C(=O)O. The summed E-state index contributed by atoms with van der Waals surface area (Å²) in [4.78, 5) is 69.4. The van der Waals surface area contributed by atoms with E-state index in [4.69, 9.17) is 22.3 Å². The Kier molecular flexibility index (Phi) is 10.9. The molecule has 0 spiro atoms. The molecule has 10 N–H and O–H groups in total. The molecular weight excluding hydrogens is 388 g/mol. The quantitative estimate of drug-likeness (QED) is 0.158. The first-order valence-corrected chi connectivity index (χ1v) is 8.81. The molecule has 0 saturated heterocycles. The molecule has 0 aromatic heterocycles. The van der Waals surface area contributed by atoms with Crippen LogP contribution in [0.3, 0.4) is 0 Å². The lowest BCUT2D eigenvalue weighted by molar-refractivity contribution is -0.142. The summed E-state index contributed by atoms with van der Waals surface area (Å²) >= 11 is 0. The number of hydrogen-bond donors (Lipinski definition) is 7. The van der Waals surface area contributed by atoms with Crippen LogP contribution in [0.4, 0.5) is 0 Å². The predicted molar refractivity (Wildman–Crippen MR) is 99.6 cm³/mol. The number of primary amides is 2. The Hall–Kier alpha value is -3.22. The molecule has 0 aromatic rings. The van der Waals surface area contributed by atoms with Crippen molar-refractivity contribution in [1.82, 2.24) is 16.0 Å². The summed E-state index contributed by atoms with van der Waals surface area (Å²) in [5, 5.41) is 16.0. The Morgan fingerprint density at radius 3 is 1.62 bits per heavy atom. The molecule has 4 unspecified atom stereocenters. The van der Waals surface area contributed by atoms with Crippen LogP contribution in [0.1, 0.15) is 39.5 Å². The molecule has 5 amide bonds. The Morgan fingerprint density at radius 2 is 1.21 bits per heavy atom. The minimum absolute atomic E-state index is 0.205. The summed E-state index contributed by atoms with van der Waals surface area (Å²) in [6, 6.07) is -4.65. The van der Waals surface area contributed by atoms with Gasteiger partial charge in [0.25, 0.3) is 0 Å². The molecule has 0 aliphatic heterocycles. The second-order valence-electron chi connectivity index (χ2n) is 6.49. The first kappa shape index (κ1) is 25.8. The molecule has 0 aromatic carbocycles. The van der Waals surface area contributed by atoms with Crippen molar-refractivity contribution in [3.05, 3.63) is 0 Å². The lowest BCUT2D eigenvalue weighted by Gasteiger charge is -2.23. The average Bonchev–Trinajstić information content (AvgIpc) is 2.60. The van der Waals surface area contributed by atoms with Gasteiger partial charge in [-0.25, -0.2) is 4.79 Å². The highest BCUT2D eigenvalue weighted by atomic mass is 16.4. The summed E-state index contributed by atoms with van der Waals surface area (Å²) in [5.74, 6) is -5.14. The number of nitrogens with one attached hydrogen (secondary N) is 3. The number of nitrogens with two attached hydrogens (primary N) is 3. The van der Waals surface area contributed by atoms with E-state index in [0.29, 0.717) is 0 Å². The van der Waals surface area contributed by atoms with E-state index in [-0.39, 0.29) is 25.7 Å². The molecule has 0 bridgehead atoms. The van der Waals surface area contributed by atoms with Gasteiger partial charge >= 0.3 is 5.97 Å². The number of aliphatic carboxylic acids is 1. The third-order valence-electron chi connectivity index (χ3n) is 3.77. The van der Waals surface area contributed by atoms with Crippen LogP contribution >= 0.6 is 0 Å². The largest absolute Gasteiger partial charge is 0.480 e. The van der Waals surface area contributed by atoms with E-state index >= 15 is 0 Å². The van der Waals surface area contributed by atoms with Crippen molar-refractivity contribution in [2.75, 3.05) is 0 Å². The van der Waals surface area contributed by atoms with Crippen molar-refractivity contribution in [2.45, 2.75) is 63.7 Å². The monoisotopic (exact) mass is 416 g/mol. The molecule has 4 atom stereocenters. The van der Waals surface area contributed by atoms with Crippen LogP contribution in [-0.4, -0.2) is 64.8 Å². The van der Waals surface area contributed by atoms with Crippen molar-refractivity contribution in [1.29, 1.82) is 0 Å². The number of rotatable bonds is 13. The maximum atomic E-state index is 12.4. The van der Waals surface area contributed by atoms with Gasteiger partial charge in [-0.15, -0.1) is 0 Å². The molecule has 0 aliphatic rings. The van der Waals surface area contributed by atoms with Gasteiger partial charge in [0, 0.05) is 12.8 Å². The Bertz CT molecular complexity index is 652. The Morgan fingerprint density at radius 1 is 0.759 bits per heavy atom. The Labute approximate surface area is 167 Å². The lowest BCUT2D eigenvalue weighted by Crippen LogP contribution is -2.56. The summed E-state index contributed by atoms with van der Waals surface area (Å²) in [6.45, 7) is 2.77. The van der Waals surface area contributed by atoms with Crippen molar-refractivity contribution < 1.29 is 33.9 Å². The van der Waals surface area contributed by atoms with Gasteiger partial charge in [-0.1, -0.05) is 0 Å². The molecule has 13 heteroatoms. The zero-order valence-corrected chi connectivity index (χ0v) is 16.3. The number of carbonyl (C=O) groups is 6. The van der Waals surface area contributed by atoms with Gasteiger partial charge in [-0.3, -0.25) is 24.0 Å². The van der Waals surface area contributed by atoms with Gasteiger partial charge in [0.05, 0.1) is 6.04 Å². The van der Waals surface area contributed by atoms with E-state index < -0.39 is 59.7 Å². The van der Waals surface area contributed by atoms with Crippen LogP contribution in [0.5, 0.6) is 0 Å². The molecule has 0 heterocycles. The van der Waals surface area contributed by atoms with Gasteiger partial charge < -0.3 is 38.3 Å². The minimum Gasteiger partial charge on any atom is -0.480 e. The topological polar surface area (TPSA) is 237 Å². The molecule has 0 radical (unpaired) electrons. The molecule has 164 valence electrons. The second kappa shape index (κ2) is 12.3. The Balaban J connectivity index is 5.17. The maximum Gasteiger partial charge on any atom is 0.326 e. The molecular formula is C16H28N6O7. The number of carboxylic acid groups (broad SMARTS) is 1. The van der Waals surface area contributed by atoms with Crippen LogP contribution < -0.4 is 33.2 Å². The third kappa shape index (κ3) is 10.6.